The van der Waals surface area contributed by atoms with Crippen molar-refractivity contribution in [1.82, 2.24) is 9.88 Å². The molecule has 3 nitrogen and oxygen atoms in total. The lowest BCUT2D eigenvalue weighted by Gasteiger charge is -2.13. The third-order valence-corrected chi connectivity index (χ3v) is 4.38. The minimum Gasteiger partial charge on any atom is -0.315 e. The third-order valence-electron chi connectivity index (χ3n) is 3.39. The summed E-state index contributed by atoms with van der Waals surface area (Å²) in [5.74, 6) is 0.895. The van der Waals surface area contributed by atoms with Crippen LogP contribution >= 0.6 is 11.8 Å². The van der Waals surface area contributed by atoms with Gasteiger partial charge in [0, 0.05) is 35.5 Å². The molecule has 2 rings (SSSR count). The molecule has 0 spiro atoms. The lowest BCUT2D eigenvalue weighted by Crippen LogP contribution is -2.18. The van der Waals surface area contributed by atoms with Crippen LogP contribution in [0.1, 0.15) is 25.5 Å². The highest BCUT2D eigenvalue weighted by Gasteiger charge is 2.03. The molecule has 1 unspecified atom stereocenters. The van der Waals surface area contributed by atoms with Crippen LogP contribution in [0.3, 0.4) is 0 Å². The number of rotatable bonds is 7. The molecule has 1 heterocycles. The van der Waals surface area contributed by atoms with Gasteiger partial charge in [-0.3, -0.25) is 4.79 Å². The third kappa shape index (κ3) is 4.76. The summed E-state index contributed by atoms with van der Waals surface area (Å²) in [5, 5.41) is 3.41. The minimum atomic E-state index is 0.0629. The Kier molecular flexibility index (Phi) is 6.08. The van der Waals surface area contributed by atoms with Crippen molar-refractivity contribution in [2.75, 3.05) is 12.3 Å². The molecule has 1 aromatic heterocycles. The molecule has 0 amide bonds. The van der Waals surface area contributed by atoms with Crippen LogP contribution in [0.25, 0.3) is 0 Å². The Morgan fingerprint density at radius 2 is 1.95 bits per heavy atom. The Bertz CT molecular complexity index is 607. The zero-order chi connectivity index (χ0) is 15.1. The van der Waals surface area contributed by atoms with Crippen LogP contribution in [0.5, 0.6) is 0 Å². The van der Waals surface area contributed by atoms with Gasteiger partial charge in [0.15, 0.2) is 0 Å². The molecule has 1 N–H and O–H groups in total. The summed E-state index contributed by atoms with van der Waals surface area (Å²) in [6.07, 6.45) is 1.84. The average Bonchev–Trinajstić information content (AvgIpc) is 2.50. The number of pyridine rings is 1. The fraction of sp³-hybridized carbons (Fsp3) is 0.353. The lowest BCUT2D eigenvalue weighted by molar-refractivity contribution is 0.598. The predicted octanol–water partition coefficient (Wildman–Crippen LogP) is 3.31. The highest BCUT2D eigenvalue weighted by molar-refractivity contribution is 7.99. The minimum absolute atomic E-state index is 0.0629. The first-order valence-electron chi connectivity index (χ1n) is 7.32. The number of thioether (sulfide) groups is 1. The smallest absolute Gasteiger partial charge is 0.250 e. The van der Waals surface area contributed by atoms with Gasteiger partial charge in [0.1, 0.15) is 0 Å². The second-order valence-electron chi connectivity index (χ2n) is 4.93. The normalized spacial score (nSPS) is 12.3. The number of aryl methyl sites for hydroxylation is 1. The van der Waals surface area contributed by atoms with Crippen molar-refractivity contribution in [1.29, 1.82) is 0 Å². The van der Waals surface area contributed by atoms with E-state index in [1.54, 1.807) is 28.5 Å². The average molecular weight is 302 g/mol. The Morgan fingerprint density at radius 1 is 1.19 bits per heavy atom. The number of benzene rings is 1. The molecule has 1 aromatic carbocycles. The van der Waals surface area contributed by atoms with Crippen molar-refractivity contribution in [3.05, 3.63) is 64.6 Å². The van der Waals surface area contributed by atoms with Crippen molar-refractivity contribution >= 4 is 11.8 Å². The van der Waals surface area contributed by atoms with Crippen LogP contribution < -0.4 is 10.9 Å². The number of nitrogens with zero attached hydrogens (tertiary/aromatic N) is 1. The first-order valence-corrected chi connectivity index (χ1v) is 8.31. The van der Waals surface area contributed by atoms with Gasteiger partial charge in [0.05, 0.1) is 0 Å². The maximum atomic E-state index is 11.6. The number of hydrogen-bond acceptors (Lipinski definition) is 3. The molecule has 0 bridgehead atoms. The molecule has 2 aromatic rings. The topological polar surface area (TPSA) is 34.0 Å². The van der Waals surface area contributed by atoms with E-state index >= 15 is 0 Å². The van der Waals surface area contributed by atoms with Crippen LogP contribution in [0.4, 0.5) is 0 Å². The Balaban J connectivity index is 1.87. The molecular weight excluding hydrogens is 280 g/mol. The van der Waals surface area contributed by atoms with Crippen molar-refractivity contribution in [2.45, 2.75) is 31.3 Å². The lowest BCUT2D eigenvalue weighted by atomic mass is 10.1. The van der Waals surface area contributed by atoms with Gasteiger partial charge in [-0.1, -0.05) is 25.1 Å². The van der Waals surface area contributed by atoms with E-state index in [0.717, 1.165) is 18.8 Å². The van der Waals surface area contributed by atoms with Gasteiger partial charge in [-0.15, -0.1) is 11.8 Å². The fourth-order valence-electron chi connectivity index (χ4n) is 2.18. The van der Waals surface area contributed by atoms with Gasteiger partial charge >= 0.3 is 0 Å². The monoisotopic (exact) mass is 302 g/mol. The molecular formula is C17H22N2OS. The molecule has 4 heteroatoms. The Labute approximate surface area is 130 Å². The van der Waals surface area contributed by atoms with Gasteiger partial charge in [-0.2, -0.15) is 0 Å². The van der Waals surface area contributed by atoms with Gasteiger partial charge in [-0.05, 0) is 37.2 Å². The summed E-state index contributed by atoms with van der Waals surface area (Å²) < 4.78 is 1.74. The summed E-state index contributed by atoms with van der Waals surface area (Å²) >= 11 is 1.78. The summed E-state index contributed by atoms with van der Waals surface area (Å²) in [7, 11) is 0. The zero-order valence-corrected chi connectivity index (χ0v) is 13.4. The van der Waals surface area contributed by atoms with E-state index < -0.39 is 0 Å². The van der Waals surface area contributed by atoms with E-state index in [-0.39, 0.29) is 5.56 Å². The van der Waals surface area contributed by atoms with Crippen LogP contribution in [0.15, 0.2) is 58.4 Å². The highest BCUT2D eigenvalue weighted by Crippen LogP contribution is 2.21. The first-order chi connectivity index (χ1) is 10.2. The van der Waals surface area contributed by atoms with Gasteiger partial charge in [0.2, 0.25) is 0 Å². The van der Waals surface area contributed by atoms with E-state index in [9.17, 15) is 4.79 Å². The van der Waals surface area contributed by atoms with E-state index in [1.807, 2.05) is 12.3 Å². The summed E-state index contributed by atoms with van der Waals surface area (Å²) in [6, 6.07) is 14.3. The van der Waals surface area contributed by atoms with E-state index in [2.05, 4.69) is 43.4 Å². The maximum absolute atomic E-state index is 11.6. The Hall–Kier alpha value is -1.52. The number of nitrogens with one attached hydrogen (secondary N) is 1. The van der Waals surface area contributed by atoms with Crippen molar-refractivity contribution in [3.8, 4) is 0 Å². The zero-order valence-electron chi connectivity index (χ0n) is 12.6. The molecule has 0 saturated carbocycles. The second-order valence-corrected chi connectivity index (χ2v) is 6.10. The largest absolute Gasteiger partial charge is 0.315 e. The Morgan fingerprint density at radius 3 is 2.62 bits per heavy atom. The number of hydrogen-bond donors (Lipinski definition) is 1. The van der Waals surface area contributed by atoms with E-state index in [1.165, 1.54) is 10.5 Å². The summed E-state index contributed by atoms with van der Waals surface area (Å²) in [5.41, 5.74) is 1.37. The molecule has 1 atom stereocenters. The van der Waals surface area contributed by atoms with E-state index in [4.69, 9.17) is 0 Å². The standard InChI is InChI=1S/C17H22N2OS/c1-3-18-14(2)15-7-9-16(10-8-15)21-13-12-19-11-5-4-6-17(19)20/h4-11,14,18H,3,12-13H2,1-2H3. The molecule has 0 aliphatic rings. The predicted molar refractivity (Wildman–Crippen MR) is 90.0 cm³/mol. The SMILES string of the molecule is CCNC(C)c1ccc(SCCn2ccccc2=O)cc1. The molecule has 0 aliphatic carbocycles. The molecule has 0 aliphatic heterocycles. The van der Waals surface area contributed by atoms with Crippen LogP contribution in [0.2, 0.25) is 0 Å². The molecule has 0 saturated heterocycles. The van der Waals surface area contributed by atoms with Crippen molar-refractivity contribution < 1.29 is 0 Å². The quantitative estimate of drug-likeness (QED) is 0.797. The van der Waals surface area contributed by atoms with Gasteiger partial charge in [-0.25, -0.2) is 0 Å². The fourth-order valence-corrected chi connectivity index (χ4v) is 3.04. The van der Waals surface area contributed by atoms with Gasteiger partial charge < -0.3 is 9.88 Å². The molecule has 0 fully saturated rings. The molecule has 112 valence electrons. The van der Waals surface area contributed by atoms with Gasteiger partial charge in [0.25, 0.3) is 5.56 Å². The van der Waals surface area contributed by atoms with Crippen LogP contribution in [-0.4, -0.2) is 16.9 Å². The number of aromatic nitrogens is 1. The highest BCUT2D eigenvalue weighted by atomic mass is 32.2. The van der Waals surface area contributed by atoms with Crippen molar-refractivity contribution in [2.24, 2.45) is 0 Å². The summed E-state index contributed by atoms with van der Waals surface area (Å²) in [4.78, 5) is 12.8. The first kappa shape index (κ1) is 15.9. The maximum Gasteiger partial charge on any atom is 0.250 e. The molecule has 0 radical (unpaired) electrons. The molecule has 21 heavy (non-hydrogen) atoms. The second kappa shape index (κ2) is 8.05. The van der Waals surface area contributed by atoms with Crippen LogP contribution in [0, 0.1) is 0 Å². The van der Waals surface area contributed by atoms with Crippen molar-refractivity contribution in [3.63, 3.8) is 0 Å². The van der Waals surface area contributed by atoms with E-state index in [0.29, 0.717) is 6.04 Å². The van der Waals surface area contributed by atoms with Crippen LogP contribution in [-0.2, 0) is 6.54 Å². The summed E-state index contributed by atoms with van der Waals surface area (Å²) in [6.45, 7) is 6.00.